The largest absolute Gasteiger partial charge is 0.271 e. The van der Waals surface area contributed by atoms with E-state index in [2.05, 4.69) is 29.1 Å². The molecule has 162 valence electrons. The van der Waals surface area contributed by atoms with E-state index >= 15 is 0 Å². The molecule has 0 unspecified atom stereocenters. The van der Waals surface area contributed by atoms with E-state index in [4.69, 9.17) is 0 Å². The highest BCUT2D eigenvalue weighted by Crippen LogP contribution is 2.15. The molecule has 0 bridgehead atoms. The second-order valence-corrected chi connectivity index (χ2v) is 9.89. The lowest BCUT2D eigenvalue weighted by molar-refractivity contribution is -0.123. The Morgan fingerprint density at radius 3 is 2.13 bits per heavy atom. The first kappa shape index (κ1) is 23.8. The van der Waals surface area contributed by atoms with E-state index < -0.39 is 22.0 Å². The van der Waals surface area contributed by atoms with E-state index in [1.165, 1.54) is 17.7 Å². The van der Waals surface area contributed by atoms with Crippen molar-refractivity contribution in [3.8, 4) is 0 Å². The molecule has 0 saturated heterocycles. The molecule has 0 radical (unpaired) electrons. The van der Waals surface area contributed by atoms with E-state index in [9.17, 15) is 13.2 Å². The van der Waals surface area contributed by atoms with E-state index in [0.717, 1.165) is 11.1 Å². The molecule has 2 N–H and O–H groups in total. The summed E-state index contributed by atoms with van der Waals surface area (Å²) in [7, 11) is -3.82. The number of nitrogens with zero attached hydrogens (tertiary/aromatic N) is 1. The van der Waals surface area contributed by atoms with Crippen LogP contribution in [-0.4, -0.2) is 26.6 Å². The maximum atomic E-state index is 12.7. The van der Waals surface area contributed by atoms with Crippen molar-refractivity contribution < 1.29 is 13.2 Å². The van der Waals surface area contributed by atoms with Crippen LogP contribution in [0.15, 0.2) is 58.5 Å². The molecule has 0 aliphatic heterocycles. The summed E-state index contributed by atoms with van der Waals surface area (Å²) in [6.45, 7) is 9.99. The van der Waals surface area contributed by atoms with Gasteiger partial charge in [-0.05, 0) is 48.4 Å². The lowest BCUT2D eigenvalue weighted by Gasteiger charge is -2.19. The summed E-state index contributed by atoms with van der Waals surface area (Å²) in [6, 6.07) is 13.5. The molecule has 1 atom stereocenters. The van der Waals surface area contributed by atoms with Crippen LogP contribution in [0, 0.1) is 12.8 Å². The quantitative estimate of drug-likeness (QED) is 0.467. The number of carbonyl (C=O) groups is 1. The SMILES string of the molecule is Cc1ccc(S(=O)(=O)N[C@@H](CC(C)C)C(=O)N/N=C\c2ccc(C(C)C)cc2)cc1. The highest BCUT2D eigenvalue weighted by molar-refractivity contribution is 7.89. The van der Waals surface area contributed by atoms with Gasteiger partial charge in [-0.1, -0.05) is 69.7 Å². The fraction of sp³-hybridized carbons (Fsp3) is 0.391. The lowest BCUT2D eigenvalue weighted by atomic mass is 10.0. The number of sulfonamides is 1. The van der Waals surface area contributed by atoms with Crippen molar-refractivity contribution in [3.05, 3.63) is 65.2 Å². The van der Waals surface area contributed by atoms with Gasteiger partial charge in [0.05, 0.1) is 11.1 Å². The molecule has 0 aromatic heterocycles. The van der Waals surface area contributed by atoms with Gasteiger partial charge in [-0.25, -0.2) is 13.8 Å². The summed E-state index contributed by atoms with van der Waals surface area (Å²) in [5, 5.41) is 4.00. The van der Waals surface area contributed by atoms with Crippen molar-refractivity contribution in [1.82, 2.24) is 10.1 Å². The molecule has 0 saturated carbocycles. The number of hydrazone groups is 1. The van der Waals surface area contributed by atoms with Crippen LogP contribution in [0.25, 0.3) is 0 Å². The maximum Gasteiger partial charge on any atom is 0.258 e. The highest BCUT2D eigenvalue weighted by Gasteiger charge is 2.26. The second-order valence-electron chi connectivity index (χ2n) is 8.17. The third kappa shape index (κ3) is 7.07. The second kappa shape index (κ2) is 10.5. The fourth-order valence-electron chi connectivity index (χ4n) is 2.87. The van der Waals surface area contributed by atoms with Crippen LogP contribution in [0.2, 0.25) is 0 Å². The summed E-state index contributed by atoms with van der Waals surface area (Å²) in [6.07, 6.45) is 1.90. The molecule has 2 aromatic carbocycles. The molecule has 1 amide bonds. The number of amides is 1. The van der Waals surface area contributed by atoms with Crippen molar-refractivity contribution in [1.29, 1.82) is 0 Å². The Labute approximate surface area is 179 Å². The van der Waals surface area contributed by atoms with Gasteiger partial charge in [0, 0.05) is 0 Å². The Kier molecular flexibility index (Phi) is 8.32. The van der Waals surface area contributed by atoms with Gasteiger partial charge < -0.3 is 0 Å². The molecule has 0 spiro atoms. The van der Waals surface area contributed by atoms with Gasteiger partial charge in [-0.15, -0.1) is 0 Å². The normalized spacial score (nSPS) is 13.2. The highest BCUT2D eigenvalue weighted by atomic mass is 32.2. The van der Waals surface area contributed by atoms with E-state index in [1.54, 1.807) is 18.3 Å². The number of rotatable bonds is 9. The average molecular weight is 430 g/mol. The minimum Gasteiger partial charge on any atom is -0.271 e. The first-order valence-corrected chi connectivity index (χ1v) is 11.6. The van der Waals surface area contributed by atoms with Gasteiger partial charge in [-0.3, -0.25) is 4.79 Å². The summed E-state index contributed by atoms with van der Waals surface area (Å²) < 4.78 is 27.9. The Morgan fingerprint density at radius 2 is 1.60 bits per heavy atom. The molecule has 2 aromatic rings. The average Bonchev–Trinajstić information content (AvgIpc) is 2.67. The third-order valence-corrected chi connectivity index (χ3v) is 6.13. The fourth-order valence-corrected chi connectivity index (χ4v) is 4.08. The molecule has 0 aliphatic rings. The number of nitrogens with one attached hydrogen (secondary N) is 2. The monoisotopic (exact) mass is 429 g/mol. The number of hydrogen-bond acceptors (Lipinski definition) is 4. The molecular formula is C23H31N3O3S. The Bertz CT molecular complexity index is 964. The molecule has 0 heterocycles. The van der Waals surface area contributed by atoms with Gasteiger partial charge in [-0.2, -0.15) is 9.82 Å². The Morgan fingerprint density at radius 1 is 1.00 bits per heavy atom. The number of benzene rings is 2. The zero-order chi connectivity index (χ0) is 22.3. The minimum absolute atomic E-state index is 0.119. The zero-order valence-electron chi connectivity index (χ0n) is 18.2. The summed E-state index contributed by atoms with van der Waals surface area (Å²) in [5.74, 6) is 0.0671. The van der Waals surface area contributed by atoms with Crippen molar-refractivity contribution in [3.63, 3.8) is 0 Å². The maximum absolute atomic E-state index is 12.7. The van der Waals surface area contributed by atoms with Crippen LogP contribution in [0.3, 0.4) is 0 Å². The molecule has 30 heavy (non-hydrogen) atoms. The Hall–Kier alpha value is -2.51. The zero-order valence-corrected chi connectivity index (χ0v) is 19.0. The van der Waals surface area contributed by atoms with Crippen LogP contribution in [0.1, 0.15) is 56.7 Å². The van der Waals surface area contributed by atoms with Crippen molar-refractivity contribution in [2.24, 2.45) is 11.0 Å². The van der Waals surface area contributed by atoms with Gasteiger partial charge >= 0.3 is 0 Å². The first-order valence-electron chi connectivity index (χ1n) is 10.1. The van der Waals surface area contributed by atoms with Crippen molar-refractivity contribution in [2.45, 2.75) is 57.9 Å². The summed E-state index contributed by atoms with van der Waals surface area (Å²) in [4.78, 5) is 12.8. The predicted octanol–water partition coefficient (Wildman–Crippen LogP) is 3.96. The smallest absolute Gasteiger partial charge is 0.258 e. The summed E-state index contributed by atoms with van der Waals surface area (Å²) in [5.41, 5.74) is 5.49. The number of aryl methyl sites for hydroxylation is 1. The molecule has 2 rings (SSSR count). The van der Waals surface area contributed by atoms with Gasteiger partial charge in [0.1, 0.15) is 6.04 Å². The third-order valence-electron chi connectivity index (χ3n) is 4.64. The van der Waals surface area contributed by atoms with Crippen LogP contribution in [-0.2, 0) is 14.8 Å². The first-order chi connectivity index (χ1) is 14.1. The van der Waals surface area contributed by atoms with Crippen LogP contribution >= 0.6 is 0 Å². The van der Waals surface area contributed by atoms with Crippen molar-refractivity contribution in [2.75, 3.05) is 0 Å². The standard InChI is InChI=1S/C23H31N3O3S/c1-16(2)14-22(26-30(28,29)21-12-6-18(5)7-13-21)23(27)25-24-15-19-8-10-20(11-9-19)17(3)4/h6-13,15-17,22,26H,14H2,1-5H3,(H,25,27)/b24-15-/t22-/m0/s1. The van der Waals surface area contributed by atoms with Crippen LogP contribution in [0.4, 0.5) is 0 Å². The number of hydrogen-bond donors (Lipinski definition) is 2. The Balaban J connectivity index is 2.08. The van der Waals surface area contributed by atoms with E-state index in [0.29, 0.717) is 12.3 Å². The molecule has 7 heteroatoms. The molecule has 0 fully saturated rings. The minimum atomic E-state index is -3.82. The van der Waals surface area contributed by atoms with Gasteiger partial charge in [0.15, 0.2) is 0 Å². The van der Waals surface area contributed by atoms with Crippen molar-refractivity contribution >= 4 is 22.1 Å². The predicted molar refractivity (Wildman–Crippen MR) is 121 cm³/mol. The van der Waals surface area contributed by atoms with Gasteiger partial charge in [0.25, 0.3) is 5.91 Å². The summed E-state index contributed by atoms with van der Waals surface area (Å²) >= 11 is 0. The van der Waals surface area contributed by atoms with E-state index in [1.807, 2.05) is 45.0 Å². The topological polar surface area (TPSA) is 87.6 Å². The van der Waals surface area contributed by atoms with E-state index in [-0.39, 0.29) is 10.8 Å². The van der Waals surface area contributed by atoms with Gasteiger partial charge in [0.2, 0.25) is 10.0 Å². The number of carbonyl (C=O) groups excluding carboxylic acids is 1. The molecular weight excluding hydrogens is 398 g/mol. The molecule has 6 nitrogen and oxygen atoms in total. The lowest BCUT2D eigenvalue weighted by Crippen LogP contribution is -2.46. The van der Waals surface area contributed by atoms with Crippen LogP contribution in [0.5, 0.6) is 0 Å². The van der Waals surface area contributed by atoms with Crippen LogP contribution < -0.4 is 10.1 Å². The molecule has 0 aliphatic carbocycles.